The second-order valence-corrected chi connectivity index (χ2v) is 4.99. The average molecular weight is 276 g/mol. The van der Waals surface area contributed by atoms with Crippen LogP contribution in [0.1, 0.15) is 24.8 Å². The number of carbonyl (C=O) groups is 1. The monoisotopic (exact) mass is 276 g/mol. The van der Waals surface area contributed by atoms with Gasteiger partial charge >= 0.3 is 5.97 Å². The van der Waals surface area contributed by atoms with Crippen LogP contribution in [0, 0.1) is 0 Å². The van der Waals surface area contributed by atoms with Gasteiger partial charge in [0.05, 0.1) is 6.10 Å². The summed E-state index contributed by atoms with van der Waals surface area (Å²) < 4.78 is 5.71. The predicted molar refractivity (Wildman–Crippen MR) is 77.8 cm³/mol. The summed E-state index contributed by atoms with van der Waals surface area (Å²) in [5, 5.41) is 8.57. The topological polar surface area (TPSA) is 62.7 Å². The Bertz CT molecular complexity index is 465. The molecule has 1 unspecified atom stereocenters. The first-order chi connectivity index (χ1) is 9.65. The molecule has 0 aromatic carbocycles. The van der Waals surface area contributed by atoms with Gasteiger partial charge in [0.25, 0.3) is 0 Å². The van der Waals surface area contributed by atoms with Gasteiger partial charge in [-0.3, -0.25) is 0 Å². The van der Waals surface area contributed by atoms with Gasteiger partial charge in [-0.25, -0.2) is 9.78 Å². The molecule has 1 atom stereocenters. The van der Waals surface area contributed by atoms with Crippen LogP contribution in [0.3, 0.4) is 0 Å². The Balaban J connectivity index is 1.92. The molecule has 108 valence electrons. The van der Waals surface area contributed by atoms with Crippen molar-refractivity contribution in [1.82, 2.24) is 4.98 Å². The molecule has 1 aromatic heterocycles. The van der Waals surface area contributed by atoms with E-state index in [1.54, 1.807) is 6.20 Å². The zero-order valence-electron chi connectivity index (χ0n) is 11.7. The maximum atomic E-state index is 10.4. The number of aromatic nitrogens is 1. The number of carboxylic acid groups (broad SMARTS) is 1. The highest BCUT2D eigenvalue weighted by Crippen LogP contribution is 2.17. The molecule has 1 N–H and O–H groups in total. The Kier molecular flexibility index (Phi) is 5.12. The first kappa shape index (κ1) is 14.5. The number of pyridine rings is 1. The zero-order valence-corrected chi connectivity index (χ0v) is 11.7. The van der Waals surface area contributed by atoms with Crippen LogP contribution in [0.2, 0.25) is 0 Å². The molecule has 2 rings (SSSR count). The van der Waals surface area contributed by atoms with Crippen molar-refractivity contribution in [2.75, 3.05) is 25.1 Å². The van der Waals surface area contributed by atoms with E-state index in [2.05, 4.69) is 9.88 Å². The highest BCUT2D eigenvalue weighted by molar-refractivity contribution is 5.85. The third-order valence-corrected chi connectivity index (χ3v) is 3.33. The fourth-order valence-electron chi connectivity index (χ4n) is 2.24. The molecule has 0 spiro atoms. The van der Waals surface area contributed by atoms with Crippen molar-refractivity contribution in [3.05, 3.63) is 30.0 Å². The zero-order chi connectivity index (χ0) is 14.4. The Morgan fingerprint density at radius 2 is 2.40 bits per heavy atom. The first-order valence-corrected chi connectivity index (χ1v) is 6.85. The van der Waals surface area contributed by atoms with Gasteiger partial charge in [0.1, 0.15) is 5.82 Å². The molecule has 5 heteroatoms. The molecule has 2 heterocycles. The van der Waals surface area contributed by atoms with Crippen molar-refractivity contribution >= 4 is 17.9 Å². The highest BCUT2D eigenvalue weighted by Gasteiger charge is 2.16. The second kappa shape index (κ2) is 7.05. The van der Waals surface area contributed by atoms with Gasteiger partial charge < -0.3 is 14.7 Å². The van der Waals surface area contributed by atoms with Gasteiger partial charge in [-0.05, 0) is 43.0 Å². The lowest BCUT2D eigenvalue weighted by Crippen LogP contribution is -2.33. The number of hydrogen-bond donors (Lipinski definition) is 1. The minimum atomic E-state index is -0.958. The van der Waals surface area contributed by atoms with Crippen molar-refractivity contribution < 1.29 is 14.6 Å². The summed E-state index contributed by atoms with van der Waals surface area (Å²) >= 11 is 0. The molecule has 0 radical (unpaired) electrons. The van der Waals surface area contributed by atoms with Crippen molar-refractivity contribution in [1.29, 1.82) is 0 Å². The summed E-state index contributed by atoms with van der Waals surface area (Å²) in [5.74, 6) is -0.0905. The molecular weight excluding hydrogens is 256 g/mol. The largest absolute Gasteiger partial charge is 0.478 e. The Labute approximate surface area is 118 Å². The van der Waals surface area contributed by atoms with Crippen LogP contribution >= 0.6 is 0 Å². The summed E-state index contributed by atoms with van der Waals surface area (Å²) in [6.45, 7) is 1.68. The van der Waals surface area contributed by atoms with E-state index in [0.29, 0.717) is 0 Å². The maximum Gasteiger partial charge on any atom is 0.328 e. The van der Waals surface area contributed by atoms with E-state index >= 15 is 0 Å². The van der Waals surface area contributed by atoms with E-state index in [0.717, 1.165) is 43.5 Å². The van der Waals surface area contributed by atoms with Gasteiger partial charge in [0.15, 0.2) is 0 Å². The third-order valence-electron chi connectivity index (χ3n) is 3.33. The summed E-state index contributed by atoms with van der Waals surface area (Å²) in [6.07, 6.45) is 8.08. The van der Waals surface area contributed by atoms with Crippen molar-refractivity contribution in [3.8, 4) is 0 Å². The quantitative estimate of drug-likeness (QED) is 0.835. The number of anilines is 1. The Hall–Kier alpha value is -1.88. The minimum Gasteiger partial charge on any atom is -0.478 e. The maximum absolute atomic E-state index is 10.4. The van der Waals surface area contributed by atoms with Crippen LogP contribution in [0.15, 0.2) is 24.4 Å². The molecular formula is C15H20N2O3. The second-order valence-electron chi connectivity index (χ2n) is 4.99. The molecule has 1 saturated heterocycles. The Morgan fingerprint density at radius 3 is 3.00 bits per heavy atom. The number of ether oxygens (including phenoxy) is 1. The summed E-state index contributed by atoms with van der Waals surface area (Å²) in [6, 6.07) is 3.75. The van der Waals surface area contributed by atoms with Crippen LogP contribution in [0.5, 0.6) is 0 Å². The molecule has 20 heavy (non-hydrogen) atoms. The van der Waals surface area contributed by atoms with Crippen molar-refractivity contribution in [2.45, 2.75) is 25.4 Å². The Morgan fingerprint density at radius 1 is 1.55 bits per heavy atom. The molecule has 0 aliphatic carbocycles. The third kappa shape index (κ3) is 4.35. The fraction of sp³-hybridized carbons (Fsp3) is 0.467. The highest BCUT2D eigenvalue weighted by atomic mass is 16.5. The van der Waals surface area contributed by atoms with Gasteiger partial charge in [-0.15, -0.1) is 0 Å². The lowest BCUT2D eigenvalue weighted by molar-refractivity contribution is -0.131. The van der Waals surface area contributed by atoms with E-state index in [4.69, 9.17) is 9.84 Å². The molecule has 5 nitrogen and oxygen atoms in total. The van der Waals surface area contributed by atoms with Crippen LogP contribution in [-0.4, -0.2) is 42.4 Å². The predicted octanol–water partition coefficient (Wildman–Crippen LogP) is 2.18. The summed E-state index contributed by atoms with van der Waals surface area (Å²) in [5.41, 5.74) is 0.776. The summed E-state index contributed by atoms with van der Waals surface area (Å²) in [4.78, 5) is 16.9. The van der Waals surface area contributed by atoms with Crippen LogP contribution in [0.25, 0.3) is 6.08 Å². The molecule has 1 aliphatic rings. The SMILES string of the molecule is CN(CC1CCCCO1)c1ccc(/C=C/C(=O)O)cn1. The van der Waals surface area contributed by atoms with E-state index in [9.17, 15) is 4.79 Å². The standard InChI is InChI=1S/C15H20N2O3/c1-17(11-13-4-2-3-9-20-13)14-7-5-12(10-16-14)6-8-15(18)19/h5-8,10,13H,2-4,9,11H2,1H3,(H,18,19)/b8-6+. The first-order valence-electron chi connectivity index (χ1n) is 6.85. The van der Waals surface area contributed by atoms with Gasteiger partial charge in [0, 0.05) is 32.5 Å². The average Bonchev–Trinajstić information content (AvgIpc) is 2.46. The van der Waals surface area contributed by atoms with Crippen LogP contribution in [0.4, 0.5) is 5.82 Å². The number of hydrogen-bond acceptors (Lipinski definition) is 4. The number of rotatable bonds is 5. The summed E-state index contributed by atoms with van der Waals surface area (Å²) in [7, 11) is 1.99. The van der Waals surface area contributed by atoms with Gasteiger partial charge in [-0.2, -0.15) is 0 Å². The molecule has 0 amide bonds. The normalized spacial score (nSPS) is 19.1. The fourth-order valence-corrected chi connectivity index (χ4v) is 2.24. The minimum absolute atomic E-state index is 0.280. The molecule has 0 bridgehead atoms. The number of nitrogens with zero attached hydrogens (tertiary/aromatic N) is 2. The molecule has 1 fully saturated rings. The van der Waals surface area contributed by atoms with Gasteiger partial charge in [0.2, 0.25) is 0 Å². The van der Waals surface area contributed by atoms with Crippen molar-refractivity contribution in [2.24, 2.45) is 0 Å². The number of likely N-dealkylation sites (N-methyl/N-ethyl adjacent to an activating group) is 1. The lowest BCUT2D eigenvalue weighted by atomic mass is 10.1. The lowest BCUT2D eigenvalue weighted by Gasteiger charge is -2.28. The molecule has 1 aliphatic heterocycles. The molecule has 0 saturated carbocycles. The van der Waals surface area contributed by atoms with E-state index in [-0.39, 0.29) is 6.10 Å². The van der Waals surface area contributed by atoms with Crippen LogP contribution < -0.4 is 4.90 Å². The van der Waals surface area contributed by atoms with Gasteiger partial charge in [-0.1, -0.05) is 0 Å². The van der Waals surface area contributed by atoms with E-state index < -0.39 is 5.97 Å². The number of carboxylic acids is 1. The molecule has 1 aromatic rings. The smallest absolute Gasteiger partial charge is 0.328 e. The van der Waals surface area contributed by atoms with E-state index in [1.807, 2.05) is 19.2 Å². The van der Waals surface area contributed by atoms with E-state index in [1.165, 1.54) is 12.5 Å². The van der Waals surface area contributed by atoms with Crippen molar-refractivity contribution in [3.63, 3.8) is 0 Å². The number of aliphatic carboxylic acids is 1. The van der Waals surface area contributed by atoms with Crippen LogP contribution in [-0.2, 0) is 9.53 Å².